The Kier molecular flexibility index (Phi) is 5.69. The lowest BCUT2D eigenvalue weighted by Crippen LogP contribution is -2.46. The first kappa shape index (κ1) is 20.5. The number of carbonyl (C=O) groups is 1. The molecule has 29 heavy (non-hydrogen) atoms. The largest absolute Gasteiger partial charge is 0.425 e. The highest BCUT2D eigenvalue weighted by Crippen LogP contribution is 2.40. The second-order valence-electron chi connectivity index (χ2n) is 6.57. The van der Waals surface area contributed by atoms with Gasteiger partial charge in [-0.25, -0.2) is 4.98 Å². The van der Waals surface area contributed by atoms with Crippen LogP contribution in [0.25, 0.3) is 0 Å². The molecule has 6 nitrogen and oxygen atoms in total. The second-order valence-corrected chi connectivity index (χ2v) is 6.57. The lowest BCUT2D eigenvalue weighted by Gasteiger charge is -2.28. The summed E-state index contributed by atoms with van der Waals surface area (Å²) in [6.45, 7) is 0.386. The van der Waals surface area contributed by atoms with Gasteiger partial charge < -0.3 is 14.2 Å². The molecule has 2 aromatic heterocycles. The smallest absolute Gasteiger partial charge is 0.374 e. The summed E-state index contributed by atoms with van der Waals surface area (Å²) in [5.41, 5.74) is -2.32. The highest BCUT2D eigenvalue weighted by molar-refractivity contribution is 5.78. The van der Waals surface area contributed by atoms with Crippen LogP contribution in [-0.4, -0.2) is 31.3 Å². The SMILES string of the molecule is Cn1ccnc1C(O)(CC(=O)N=c1ccccn1Cc1ccccc1)C(F)(F)F. The number of hydrogen-bond acceptors (Lipinski definition) is 3. The molecule has 0 bridgehead atoms. The number of rotatable bonds is 5. The predicted molar refractivity (Wildman–Crippen MR) is 98.3 cm³/mol. The van der Waals surface area contributed by atoms with Crippen molar-refractivity contribution in [2.75, 3.05) is 0 Å². The van der Waals surface area contributed by atoms with Crippen LogP contribution in [0.4, 0.5) is 13.2 Å². The molecule has 0 aliphatic rings. The molecule has 0 saturated carbocycles. The Hall–Kier alpha value is -3.20. The predicted octanol–water partition coefficient (Wildman–Crippen LogP) is 2.54. The first-order chi connectivity index (χ1) is 13.7. The van der Waals surface area contributed by atoms with Gasteiger partial charge in [0.2, 0.25) is 5.60 Å². The molecular formula is C20H19F3N4O2. The highest BCUT2D eigenvalue weighted by Gasteiger charge is 2.58. The average Bonchev–Trinajstić information content (AvgIpc) is 3.09. The van der Waals surface area contributed by atoms with Gasteiger partial charge in [-0.05, 0) is 17.7 Å². The van der Waals surface area contributed by atoms with Gasteiger partial charge in [0.05, 0.1) is 6.42 Å². The molecule has 0 aliphatic heterocycles. The van der Waals surface area contributed by atoms with Gasteiger partial charge in [-0.2, -0.15) is 18.2 Å². The number of aliphatic hydroxyl groups is 1. The third-order valence-electron chi connectivity index (χ3n) is 4.42. The summed E-state index contributed by atoms with van der Waals surface area (Å²) in [5.74, 6) is -1.78. The maximum Gasteiger partial charge on any atom is 0.425 e. The Morgan fingerprint density at radius 2 is 1.79 bits per heavy atom. The monoisotopic (exact) mass is 404 g/mol. The van der Waals surface area contributed by atoms with Crippen LogP contribution in [0, 0.1) is 0 Å². The molecule has 0 fully saturated rings. The molecule has 0 spiro atoms. The number of carbonyl (C=O) groups excluding carboxylic acids is 1. The fourth-order valence-electron chi connectivity index (χ4n) is 2.94. The number of pyridine rings is 1. The van der Waals surface area contributed by atoms with E-state index in [-0.39, 0.29) is 5.49 Å². The highest BCUT2D eigenvalue weighted by atomic mass is 19.4. The zero-order valence-electron chi connectivity index (χ0n) is 15.5. The van der Waals surface area contributed by atoms with Crippen molar-refractivity contribution >= 4 is 5.91 Å². The lowest BCUT2D eigenvalue weighted by molar-refractivity contribution is -0.270. The Morgan fingerprint density at radius 1 is 1.10 bits per heavy atom. The number of hydrogen-bond donors (Lipinski definition) is 1. The number of alkyl halides is 3. The normalized spacial score (nSPS) is 14.6. The first-order valence-corrected chi connectivity index (χ1v) is 8.74. The van der Waals surface area contributed by atoms with E-state index in [4.69, 9.17) is 0 Å². The van der Waals surface area contributed by atoms with Crippen LogP contribution in [0.5, 0.6) is 0 Å². The molecule has 0 radical (unpaired) electrons. The van der Waals surface area contributed by atoms with E-state index in [0.29, 0.717) is 6.54 Å². The van der Waals surface area contributed by atoms with E-state index in [1.165, 1.54) is 19.3 Å². The fraction of sp³-hybridized carbons (Fsp3) is 0.250. The minimum Gasteiger partial charge on any atom is -0.374 e. The van der Waals surface area contributed by atoms with E-state index in [1.54, 1.807) is 22.9 Å². The lowest BCUT2D eigenvalue weighted by atomic mass is 9.97. The van der Waals surface area contributed by atoms with Gasteiger partial charge in [0, 0.05) is 32.2 Å². The molecule has 0 aliphatic carbocycles. The first-order valence-electron chi connectivity index (χ1n) is 8.74. The van der Waals surface area contributed by atoms with Crippen LogP contribution in [0.15, 0.2) is 72.1 Å². The van der Waals surface area contributed by atoms with Crippen LogP contribution >= 0.6 is 0 Å². The van der Waals surface area contributed by atoms with Gasteiger partial charge in [0.25, 0.3) is 5.91 Å². The van der Waals surface area contributed by atoms with Gasteiger partial charge in [0.15, 0.2) is 5.82 Å². The minimum atomic E-state index is -5.10. The number of halogens is 3. The quantitative estimate of drug-likeness (QED) is 0.710. The maximum atomic E-state index is 13.6. The Labute approximate surface area is 164 Å². The van der Waals surface area contributed by atoms with E-state index < -0.39 is 29.9 Å². The van der Waals surface area contributed by atoms with Crippen LogP contribution in [0.1, 0.15) is 17.8 Å². The number of benzene rings is 1. The number of aryl methyl sites for hydroxylation is 1. The number of nitrogens with zero attached hydrogens (tertiary/aromatic N) is 4. The standard InChI is InChI=1S/C20H19F3N4O2/c1-26-12-10-24-18(26)19(29,20(21,22)23)13-17(28)25-16-9-5-6-11-27(16)14-15-7-3-2-4-8-15/h2-12,29H,13-14H2,1H3. The summed E-state index contributed by atoms with van der Waals surface area (Å²) in [6.07, 6.45) is -2.32. The molecule has 1 amide bonds. The number of imidazole rings is 1. The van der Waals surface area contributed by atoms with Crippen molar-refractivity contribution in [1.82, 2.24) is 14.1 Å². The molecule has 1 aromatic carbocycles. The molecule has 1 unspecified atom stereocenters. The number of amides is 1. The van der Waals surface area contributed by atoms with Crippen molar-refractivity contribution in [3.63, 3.8) is 0 Å². The molecule has 3 rings (SSSR count). The van der Waals surface area contributed by atoms with Gasteiger partial charge in [-0.1, -0.05) is 36.4 Å². The maximum absolute atomic E-state index is 13.6. The van der Waals surface area contributed by atoms with Crippen molar-refractivity contribution in [3.8, 4) is 0 Å². The summed E-state index contributed by atoms with van der Waals surface area (Å²) in [5, 5.41) is 10.3. The zero-order chi connectivity index (χ0) is 21.1. The molecule has 2 heterocycles. The fourth-order valence-corrected chi connectivity index (χ4v) is 2.94. The summed E-state index contributed by atoms with van der Waals surface area (Å²) in [7, 11) is 1.31. The van der Waals surface area contributed by atoms with E-state index in [2.05, 4.69) is 9.98 Å². The summed E-state index contributed by atoms with van der Waals surface area (Å²) in [6, 6.07) is 14.2. The van der Waals surface area contributed by atoms with E-state index >= 15 is 0 Å². The van der Waals surface area contributed by atoms with E-state index in [0.717, 1.165) is 16.3 Å². The molecule has 0 saturated heterocycles. The van der Waals surface area contributed by atoms with E-state index in [1.807, 2.05) is 30.3 Å². The zero-order valence-corrected chi connectivity index (χ0v) is 15.5. The molecular weight excluding hydrogens is 385 g/mol. The second kappa shape index (κ2) is 8.04. The Bertz CT molecular complexity index is 1060. The van der Waals surface area contributed by atoms with Crippen LogP contribution < -0.4 is 5.49 Å². The minimum absolute atomic E-state index is 0.186. The van der Waals surface area contributed by atoms with Crippen molar-refractivity contribution in [2.45, 2.75) is 24.7 Å². The summed E-state index contributed by atoms with van der Waals surface area (Å²) >= 11 is 0. The molecule has 9 heteroatoms. The van der Waals surface area contributed by atoms with Gasteiger partial charge in [-0.3, -0.25) is 4.79 Å². The molecule has 1 N–H and O–H groups in total. The molecule has 152 valence electrons. The third-order valence-corrected chi connectivity index (χ3v) is 4.42. The summed E-state index contributed by atoms with van der Waals surface area (Å²) in [4.78, 5) is 19.8. The molecule has 1 atom stereocenters. The summed E-state index contributed by atoms with van der Waals surface area (Å²) < 4.78 is 43.5. The van der Waals surface area contributed by atoms with Crippen molar-refractivity contribution in [3.05, 3.63) is 84.0 Å². The number of aromatic nitrogens is 3. The van der Waals surface area contributed by atoms with Crippen LogP contribution in [0.2, 0.25) is 0 Å². The topological polar surface area (TPSA) is 72.4 Å². The Morgan fingerprint density at radius 3 is 2.41 bits per heavy atom. The Balaban J connectivity index is 1.93. The van der Waals surface area contributed by atoms with Gasteiger partial charge in [-0.15, -0.1) is 0 Å². The van der Waals surface area contributed by atoms with Crippen molar-refractivity contribution in [1.29, 1.82) is 0 Å². The van der Waals surface area contributed by atoms with Crippen LogP contribution in [0.3, 0.4) is 0 Å². The van der Waals surface area contributed by atoms with Gasteiger partial charge >= 0.3 is 6.18 Å². The van der Waals surface area contributed by atoms with Crippen LogP contribution in [-0.2, 0) is 24.0 Å². The average molecular weight is 404 g/mol. The van der Waals surface area contributed by atoms with Crippen molar-refractivity contribution in [2.24, 2.45) is 12.0 Å². The molecule has 3 aromatic rings. The van der Waals surface area contributed by atoms with Crippen molar-refractivity contribution < 1.29 is 23.1 Å². The van der Waals surface area contributed by atoms with Gasteiger partial charge in [0.1, 0.15) is 5.49 Å². The van der Waals surface area contributed by atoms with E-state index in [9.17, 15) is 23.1 Å². The third kappa shape index (κ3) is 4.45.